The quantitative estimate of drug-likeness (QED) is 0.797. The van der Waals surface area contributed by atoms with Gasteiger partial charge in [0.05, 0.1) is 23.4 Å². The number of carbonyl (C=O) groups excluding carboxylic acids is 1. The zero-order chi connectivity index (χ0) is 15.6. The number of aromatic nitrogens is 2. The molecule has 0 saturated carbocycles. The average Bonchev–Trinajstić information content (AvgIpc) is 2.47. The Morgan fingerprint density at radius 3 is 2.62 bits per heavy atom. The Bertz CT molecular complexity index is 759. The molecule has 1 aromatic heterocycles. The molecule has 0 aliphatic carbocycles. The third-order valence-electron chi connectivity index (χ3n) is 2.71. The summed E-state index contributed by atoms with van der Waals surface area (Å²) in [6.45, 7) is -0.265. The normalized spacial score (nSPS) is 10.5. The van der Waals surface area contributed by atoms with Gasteiger partial charge in [-0.1, -0.05) is 34.8 Å². The number of hydrogen-bond acceptors (Lipinski definition) is 4. The first-order valence-electron chi connectivity index (χ1n) is 5.72. The molecule has 110 valence electrons. The summed E-state index contributed by atoms with van der Waals surface area (Å²) < 4.78 is 5.94. The third-order valence-corrected chi connectivity index (χ3v) is 3.75. The number of methoxy groups -OCH3 is 1. The summed E-state index contributed by atoms with van der Waals surface area (Å²) >= 11 is 17.3. The van der Waals surface area contributed by atoms with E-state index in [2.05, 4.69) is 5.10 Å². The largest absolute Gasteiger partial charge is 0.495 e. The molecule has 2 aromatic rings. The van der Waals surface area contributed by atoms with Gasteiger partial charge in [-0.25, -0.2) is 4.68 Å². The number of benzene rings is 1. The van der Waals surface area contributed by atoms with Gasteiger partial charge in [-0.05, 0) is 18.2 Å². The van der Waals surface area contributed by atoms with Gasteiger partial charge in [0.25, 0.3) is 5.56 Å². The van der Waals surface area contributed by atoms with Crippen LogP contribution in [0.2, 0.25) is 15.1 Å². The summed E-state index contributed by atoms with van der Waals surface area (Å²) in [6.07, 6.45) is 1.21. The monoisotopic (exact) mass is 346 g/mol. The molecular formula is C13H9Cl3N2O3. The average molecular weight is 348 g/mol. The van der Waals surface area contributed by atoms with Crippen LogP contribution in [0.5, 0.6) is 5.75 Å². The van der Waals surface area contributed by atoms with E-state index in [4.69, 9.17) is 39.5 Å². The lowest BCUT2D eigenvalue weighted by molar-refractivity contribution is 0.0965. The van der Waals surface area contributed by atoms with Crippen LogP contribution in [-0.4, -0.2) is 22.7 Å². The van der Waals surface area contributed by atoms with Crippen molar-refractivity contribution in [2.75, 3.05) is 7.11 Å². The zero-order valence-corrected chi connectivity index (χ0v) is 13.0. The van der Waals surface area contributed by atoms with Crippen molar-refractivity contribution in [3.63, 3.8) is 0 Å². The number of rotatable bonds is 4. The van der Waals surface area contributed by atoms with Crippen LogP contribution in [0.15, 0.2) is 29.2 Å². The van der Waals surface area contributed by atoms with E-state index in [1.165, 1.54) is 19.4 Å². The van der Waals surface area contributed by atoms with E-state index < -0.39 is 5.56 Å². The van der Waals surface area contributed by atoms with Gasteiger partial charge in [-0.15, -0.1) is 0 Å². The predicted octanol–water partition coefficient (Wildman–Crippen LogP) is 3.10. The highest BCUT2D eigenvalue weighted by Crippen LogP contribution is 2.25. The Labute approximate surface area is 135 Å². The van der Waals surface area contributed by atoms with Crippen molar-refractivity contribution in [3.05, 3.63) is 55.4 Å². The van der Waals surface area contributed by atoms with Gasteiger partial charge >= 0.3 is 0 Å². The van der Waals surface area contributed by atoms with Gasteiger partial charge in [-0.2, -0.15) is 5.10 Å². The first-order chi connectivity index (χ1) is 9.93. The minimum atomic E-state index is -0.628. The first-order valence-corrected chi connectivity index (χ1v) is 6.85. The fraction of sp³-hybridized carbons (Fsp3) is 0.154. The van der Waals surface area contributed by atoms with Gasteiger partial charge in [0, 0.05) is 5.56 Å². The highest BCUT2D eigenvalue weighted by molar-refractivity contribution is 6.41. The number of carbonyl (C=O) groups is 1. The number of hydrogen-bond donors (Lipinski definition) is 0. The fourth-order valence-electron chi connectivity index (χ4n) is 1.62. The number of Topliss-reactive ketones (excluding diaryl/α,β-unsaturated/α-hetero) is 1. The zero-order valence-electron chi connectivity index (χ0n) is 10.8. The van der Waals surface area contributed by atoms with E-state index >= 15 is 0 Å². The van der Waals surface area contributed by atoms with E-state index in [0.717, 1.165) is 4.68 Å². The van der Waals surface area contributed by atoms with Crippen molar-refractivity contribution < 1.29 is 9.53 Å². The standard InChI is InChI=1S/C13H9Cl3N2O3/c1-21-11-3-2-7(4-8(11)14)10(19)6-18-13(20)12(16)9(15)5-17-18/h2-5H,6H2,1H3. The van der Waals surface area contributed by atoms with Crippen molar-refractivity contribution in [1.82, 2.24) is 9.78 Å². The summed E-state index contributed by atoms with van der Waals surface area (Å²) in [5.41, 5.74) is -0.294. The number of ether oxygens (including phenoxy) is 1. The summed E-state index contributed by atoms with van der Waals surface area (Å²) in [6, 6.07) is 4.58. The molecule has 0 N–H and O–H groups in total. The second-order valence-corrected chi connectivity index (χ2v) is 5.23. The van der Waals surface area contributed by atoms with Gasteiger partial charge in [0.2, 0.25) is 0 Å². The third kappa shape index (κ3) is 3.37. The minimum absolute atomic E-state index is 0.0397. The summed E-state index contributed by atoms with van der Waals surface area (Å²) in [5, 5.41) is 3.94. The molecule has 0 amide bonds. The van der Waals surface area contributed by atoms with Crippen LogP contribution in [0.1, 0.15) is 10.4 Å². The Hall–Kier alpha value is -1.56. The molecule has 0 radical (unpaired) electrons. The number of ketones is 1. The molecular weight excluding hydrogens is 339 g/mol. The molecule has 8 heteroatoms. The van der Waals surface area contributed by atoms with Crippen LogP contribution < -0.4 is 10.3 Å². The fourth-order valence-corrected chi connectivity index (χ4v) is 2.15. The molecule has 0 bridgehead atoms. The van der Waals surface area contributed by atoms with Crippen LogP contribution in [-0.2, 0) is 6.54 Å². The van der Waals surface area contributed by atoms with E-state index in [-0.39, 0.29) is 22.4 Å². The van der Waals surface area contributed by atoms with E-state index in [1.54, 1.807) is 12.1 Å². The molecule has 5 nitrogen and oxygen atoms in total. The molecule has 0 fully saturated rings. The molecule has 21 heavy (non-hydrogen) atoms. The predicted molar refractivity (Wildman–Crippen MR) is 80.9 cm³/mol. The van der Waals surface area contributed by atoms with Crippen molar-refractivity contribution in [2.45, 2.75) is 6.54 Å². The lowest BCUT2D eigenvalue weighted by atomic mass is 10.1. The lowest BCUT2D eigenvalue weighted by Crippen LogP contribution is -2.27. The Balaban J connectivity index is 2.28. The lowest BCUT2D eigenvalue weighted by Gasteiger charge is -2.07. The maximum atomic E-state index is 12.1. The van der Waals surface area contributed by atoms with E-state index in [0.29, 0.717) is 16.3 Å². The Kier molecular flexibility index (Phi) is 4.88. The maximum Gasteiger partial charge on any atom is 0.287 e. The van der Waals surface area contributed by atoms with Crippen LogP contribution in [0.4, 0.5) is 0 Å². The first kappa shape index (κ1) is 15.8. The molecule has 1 aromatic carbocycles. The van der Waals surface area contributed by atoms with Crippen LogP contribution in [0.25, 0.3) is 0 Å². The smallest absolute Gasteiger partial charge is 0.287 e. The highest BCUT2D eigenvalue weighted by atomic mass is 35.5. The van der Waals surface area contributed by atoms with Crippen LogP contribution in [0.3, 0.4) is 0 Å². The van der Waals surface area contributed by atoms with Crippen molar-refractivity contribution >= 4 is 40.6 Å². The molecule has 2 rings (SSSR count). The van der Waals surface area contributed by atoms with Gasteiger partial charge in [0.1, 0.15) is 17.3 Å². The molecule has 0 spiro atoms. The molecule has 1 heterocycles. The number of nitrogens with zero attached hydrogens (tertiary/aromatic N) is 2. The summed E-state index contributed by atoms with van der Waals surface area (Å²) in [4.78, 5) is 23.9. The second kappa shape index (κ2) is 6.47. The number of halogens is 3. The topological polar surface area (TPSA) is 61.2 Å². The van der Waals surface area contributed by atoms with Gasteiger partial charge in [-0.3, -0.25) is 9.59 Å². The molecule has 0 aliphatic rings. The van der Waals surface area contributed by atoms with Crippen molar-refractivity contribution in [2.24, 2.45) is 0 Å². The van der Waals surface area contributed by atoms with Gasteiger partial charge < -0.3 is 4.74 Å². The molecule has 0 saturated heterocycles. The summed E-state index contributed by atoms with van der Waals surface area (Å²) in [7, 11) is 1.47. The Morgan fingerprint density at radius 1 is 1.29 bits per heavy atom. The van der Waals surface area contributed by atoms with E-state index in [1.807, 2.05) is 0 Å². The maximum absolute atomic E-state index is 12.1. The highest BCUT2D eigenvalue weighted by Gasteiger charge is 2.13. The van der Waals surface area contributed by atoms with E-state index in [9.17, 15) is 9.59 Å². The molecule has 0 atom stereocenters. The second-order valence-electron chi connectivity index (χ2n) is 4.04. The van der Waals surface area contributed by atoms with Gasteiger partial charge in [0.15, 0.2) is 5.78 Å². The molecule has 0 unspecified atom stereocenters. The van der Waals surface area contributed by atoms with Crippen LogP contribution in [0, 0.1) is 0 Å². The minimum Gasteiger partial charge on any atom is -0.495 e. The molecule has 0 aliphatic heterocycles. The Morgan fingerprint density at radius 2 is 2.00 bits per heavy atom. The SMILES string of the molecule is COc1ccc(C(=O)Cn2ncc(Cl)c(Cl)c2=O)cc1Cl. The van der Waals surface area contributed by atoms with Crippen molar-refractivity contribution in [1.29, 1.82) is 0 Å². The van der Waals surface area contributed by atoms with Crippen molar-refractivity contribution in [3.8, 4) is 5.75 Å². The van der Waals surface area contributed by atoms with Crippen LogP contribution >= 0.6 is 34.8 Å². The summed E-state index contributed by atoms with van der Waals surface area (Å²) in [5.74, 6) is 0.116.